The number of nitrogens with zero attached hydrogens (tertiary/aromatic N) is 3. The fourth-order valence-electron chi connectivity index (χ4n) is 4.35. The number of hydrogen-bond acceptors (Lipinski definition) is 4. The van der Waals surface area contributed by atoms with Crippen molar-refractivity contribution in [1.82, 2.24) is 15.1 Å². The van der Waals surface area contributed by atoms with Crippen molar-refractivity contribution in [3.8, 4) is 0 Å². The first-order chi connectivity index (χ1) is 16.0. The van der Waals surface area contributed by atoms with Crippen LogP contribution >= 0.6 is 0 Å². The molecule has 0 aromatic heterocycles. The molecule has 0 bridgehead atoms. The van der Waals surface area contributed by atoms with Crippen molar-refractivity contribution in [2.45, 2.75) is 19.4 Å². The number of benzene rings is 2. The fraction of sp³-hybridized carbons (Fsp3) is 0.400. The zero-order valence-corrected chi connectivity index (χ0v) is 18.6. The molecule has 0 unspecified atom stereocenters. The van der Waals surface area contributed by atoms with E-state index in [9.17, 15) is 18.8 Å². The first kappa shape index (κ1) is 22.9. The summed E-state index contributed by atoms with van der Waals surface area (Å²) in [6.07, 6.45) is 0.354. The number of carbonyl (C=O) groups excluding carboxylic acids is 3. The topological polar surface area (TPSA) is 73.0 Å². The van der Waals surface area contributed by atoms with E-state index >= 15 is 0 Å². The van der Waals surface area contributed by atoms with Crippen LogP contribution in [-0.2, 0) is 20.9 Å². The van der Waals surface area contributed by atoms with E-state index in [-0.39, 0.29) is 49.5 Å². The van der Waals surface area contributed by atoms with E-state index in [2.05, 4.69) is 22.3 Å². The molecule has 1 N–H and O–H groups in total. The first-order valence-electron chi connectivity index (χ1n) is 11.4. The van der Waals surface area contributed by atoms with Crippen molar-refractivity contribution >= 4 is 23.4 Å². The van der Waals surface area contributed by atoms with Crippen molar-refractivity contribution in [2.75, 3.05) is 44.2 Å². The molecule has 2 aliphatic heterocycles. The summed E-state index contributed by atoms with van der Waals surface area (Å²) >= 11 is 0. The zero-order chi connectivity index (χ0) is 23.2. The molecule has 2 aromatic carbocycles. The highest BCUT2D eigenvalue weighted by molar-refractivity contribution is 6.00. The molecule has 3 amide bonds. The van der Waals surface area contributed by atoms with Crippen LogP contribution in [0.25, 0.3) is 0 Å². The molecule has 2 aromatic rings. The molecular formula is C25H29FN4O3. The molecule has 8 heteroatoms. The van der Waals surface area contributed by atoms with Gasteiger partial charge in [0, 0.05) is 64.3 Å². The number of amides is 3. The first-order valence-corrected chi connectivity index (χ1v) is 11.4. The molecule has 7 nitrogen and oxygen atoms in total. The molecule has 174 valence electrons. The number of anilines is 1. The lowest BCUT2D eigenvalue weighted by Crippen LogP contribution is -2.48. The number of halogens is 1. The predicted octanol–water partition coefficient (Wildman–Crippen LogP) is 2.03. The lowest BCUT2D eigenvalue weighted by molar-refractivity contribution is -0.133. The van der Waals surface area contributed by atoms with Gasteiger partial charge in [0.1, 0.15) is 5.82 Å². The smallest absolute Gasteiger partial charge is 0.227 e. The molecule has 2 fully saturated rings. The van der Waals surface area contributed by atoms with Gasteiger partial charge in [0.05, 0.1) is 5.92 Å². The summed E-state index contributed by atoms with van der Waals surface area (Å²) in [4.78, 5) is 43.0. The van der Waals surface area contributed by atoms with Crippen LogP contribution in [0, 0.1) is 11.7 Å². The Bertz CT molecular complexity index is 975. The highest BCUT2D eigenvalue weighted by Crippen LogP contribution is 2.25. The number of rotatable bonds is 7. The third kappa shape index (κ3) is 5.96. The van der Waals surface area contributed by atoms with Crippen molar-refractivity contribution in [1.29, 1.82) is 0 Å². The summed E-state index contributed by atoms with van der Waals surface area (Å²) in [5.74, 6) is -1.20. The van der Waals surface area contributed by atoms with E-state index in [1.807, 2.05) is 23.1 Å². The summed E-state index contributed by atoms with van der Waals surface area (Å²) in [6.45, 7) is 4.42. The van der Waals surface area contributed by atoms with Gasteiger partial charge in [-0.2, -0.15) is 0 Å². The van der Waals surface area contributed by atoms with Gasteiger partial charge >= 0.3 is 0 Å². The van der Waals surface area contributed by atoms with Crippen LogP contribution in [0.3, 0.4) is 0 Å². The minimum Gasteiger partial charge on any atom is -0.355 e. The normalized spacial score (nSPS) is 19.1. The average molecular weight is 453 g/mol. The molecule has 0 aliphatic carbocycles. The Hall–Kier alpha value is -3.26. The van der Waals surface area contributed by atoms with Crippen LogP contribution in [0.4, 0.5) is 10.1 Å². The van der Waals surface area contributed by atoms with Crippen LogP contribution in [0.2, 0.25) is 0 Å². The Balaban J connectivity index is 1.17. The Kier molecular flexibility index (Phi) is 7.34. The average Bonchev–Trinajstić information content (AvgIpc) is 3.22. The molecule has 33 heavy (non-hydrogen) atoms. The second kappa shape index (κ2) is 10.6. The predicted molar refractivity (Wildman–Crippen MR) is 123 cm³/mol. The molecular weight excluding hydrogens is 423 g/mol. The maximum atomic E-state index is 13.1. The van der Waals surface area contributed by atoms with E-state index in [1.54, 1.807) is 0 Å². The maximum Gasteiger partial charge on any atom is 0.227 e. The second-order valence-electron chi connectivity index (χ2n) is 8.57. The molecule has 1 atom stereocenters. The van der Waals surface area contributed by atoms with Gasteiger partial charge in [0.15, 0.2) is 0 Å². The van der Waals surface area contributed by atoms with Gasteiger partial charge < -0.3 is 15.1 Å². The Morgan fingerprint density at radius 3 is 2.36 bits per heavy atom. The molecule has 2 saturated heterocycles. The van der Waals surface area contributed by atoms with Crippen LogP contribution < -0.4 is 10.2 Å². The van der Waals surface area contributed by atoms with Crippen LogP contribution in [-0.4, -0.2) is 66.8 Å². The van der Waals surface area contributed by atoms with Crippen molar-refractivity contribution in [3.63, 3.8) is 0 Å². The van der Waals surface area contributed by atoms with Gasteiger partial charge in [0.2, 0.25) is 17.7 Å². The molecule has 2 heterocycles. The van der Waals surface area contributed by atoms with E-state index in [0.29, 0.717) is 18.8 Å². The summed E-state index contributed by atoms with van der Waals surface area (Å²) in [5, 5.41) is 2.80. The highest BCUT2D eigenvalue weighted by Gasteiger charge is 2.35. The van der Waals surface area contributed by atoms with Crippen molar-refractivity contribution in [3.05, 3.63) is 66.0 Å². The van der Waals surface area contributed by atoms with Crippen molar-refractivity contribution in [2.24, 2.45) is 5.92 Å². The zero-order valence-electron chi connectivity index (χ0n) is 18.6. The molecule has 4 rings (SSSR count). The number of nitrogens with one attached hydrogen (secondary N) is 1. The minimum atomic E-state index is -0.473. The van der Waals surface area contributed by atoms with Crippen LogP contribution in [0.1, 0.15) is 18.4 Å². The number of piperazine rings is 1. The van der Waals surface area contributed by atoms with E-state index in [4.69, 9.17) is 0 Å². The van der Waals surface area contributed by atoms with Gasteiger partial charge in [0.25, 0.3) is 0 Å². The minimum absolute atomic E-state index is 0.0325. The SMILES string of the molecule is O=C(NCCC(=O)N1CCN(Cc2ccccc2)CC1)[C@H]1CC(=O)N(c2ccc(F)cc2)C1. The molecule has 0 spiro atoms. The van der Waals surface area contributed by atoms with Gasteiger partial charge in [-0.3, -0.25) is 19.3 Å². The van der Waals surface area contributed by atoms with Crippen LogP contribution in [0.5, 0.6) is 0 Å². The van der Waals surface area contributed by atoms with E-state index in [0.717, 1.165) is 19.6 Å². The Morgan fingerprint density at radius 2 is 1.67 bits per heavy atom. The maximum absolute atomic E-state index is 13.1. The monoisotopic (exact) mass is 452 g/mol. The van der Waals surface area contributed by atoms with E-state index in [1.165, 1.54) is 34.7 Å². The molecule has 0 radical (unpaired) electrons. The van der Waals surface area contributed by atoms with Gasteiger partial charge in [-0.1, -0.05) is 30.3 Å². The van der Waals surface area contributed by atoms with Gasteiger partial charge in [-0.15, -0.1) is 0 Å². The molecule has 0 saturated carbocycles. The number of hydrogen-bond donors (Lipinski definition) is 1. The highest BCUT2D eigenvalue weighted by atomic mass is 19.1. The lowest BCUT2D eigenvalue weighted by Gasteiger charge is -2.34. The quantitative estimate of drug-likeness (QED) is 0.698. The van der Waals surface area contributed by atoms with Crippen LogP contribution in [0.15, 0.2) is 54.6 Å². The number of carbonyl (C=O) groups is 3. The third-order valence-corrected chi connectivity index (χ3v) is 6.25. The van der Waals surface area contributed by atoms with Gasteiger partial charge in [-0.25, -0.2) is 4.39 Å². The van der Waals surface area contributed by atoms with Crippen molar-refractivity contribution < 1.29 is 18.8 Å². The summed E-state index contributed by atoms with van der Waals surface area (Å²) in [6, 6.07) is 15.9. The van der Waals surface area contributed by atoms with E-state index < -0.39 is 5.92 Å². The fourth-order valence-corrected chi connectivity index (χ4v) is 4.35. The largest absolute Gasteiger partial charge is 0.355 e. The third-order valence-electron chi connectivity index (χ3n) is 6.25. The molecule has 2 aliphatic rings. The Labute approximate surface area is 193 Å². The summed E-state index contributed by atoms with van der Waals surface area (Å²) in [5.41, 5.74) is 1.85. The Morgan fingerprint density at radius 1 is 0.970 bits per heavy atom. The summed E-state index contributed by atoms with van der Waals surface area (Å²) < 4.78 is 13.1. The lowest BCUT2D eigenvalue weighted by atomic mass is 10.1. The standard InChI is InChI=1S/C25H29FN4O3/c26-21-6-8-22(9-7-21)30-18-20(16-24(30)32)25(33)27-11-10-23(31)29-14-12-28(13-15-29)17-19-4-2-1-3-5-19/h1-9,20H,10-18H2,(H,27,33)/t20-/m0/s1. The van der Waals surface area contributed by atoms with Gasteiger partial charge in [-0.05, 0) is 29.8 Å². The summed E-state index contributed by atoms with van der Waals surface area (Å²) in [7, 11) is 0. The second-order valence-corrected chi connectivity index (χ2v) is 8.57.